The van der Waals surface area contributed by atoms with Crippen LogP contribution in [0.3, 0.4) is 0 Å². The molecule has 1 amide bonds. The molecule has 3 aromatic rings. The first kappa shape index (κ1) is 18.8. The number of likely N-dealkylation sites (N-methyl/N-ethyl adjacent to an activating group) is 1. The molecule has 1 fully saturated rings. The molecule has 1 aromatic heterocycles. The standard InChI is InChI=1S/C21H23FN4OS/c1-2-25-9-11-26(12-10-25)21-24-18-8-5-16(13-19(18)28-21)20(27)23-14-15-3-6-17(22)7-4-15/h3-8,13H,2,9-12,14H2,1H3,(H,23,27). The largest absolute Gasteiger partial charge is 0.348 e. The lowest BCUT2D eigenvalue weighted by molar-refractivity contribution is 0.0951. The molecule has 2 heterocycles. The first-order chi connectivity index (χ1) is 13.6. The zero-order valence-electron chi connectivity index (χ0n) is 15.8. The minimum Gasteiger partial charge on any atom is -0.348 e. The predicted molar refractivity (Wildman–Crippen MR) is 112 cm³/mol. The number of fused-ring (bicyclic) bond motifs is 1. The molecule has 0 saturated carbocycles. The van der Waals surface area contributed by atoms with E-state index in [1.54, 1.807) is 29.5 Å². The summed E-state index contributed by atoms with van der Waals surface area (Å²) in [5.74, 6) is -0.421. The Morgan fingerprint density at radius 2 is 1.89 bits per heavy atom. The van der Waals surface area contributed by atoms with Crippen molar-refractivity contribution < 1.29 is 9.18 Å². The van der Waals surface area contributed by atoms with Gasteiger partial charge >= 0.3 is 0 Å². The van der Waals surface area contributed by atoms with Crippen LogP contribution in [0.1, 0.15) is 22.8 Å². The van der Waals surface area contributed by atoms with Gasteiger partial charge < -0.3 is 15.1 Å². The quantitative estimate of drug-likeness (QED) is 0.715. The topological polar surface area (TPSA) is 48.5 Å². The van der Waals surface area contributed by atoms with Crippen LogP contribution in [0, 0.1) is 5.82 Å². The van der Waals surface area contributed by atoms with Gasteiger partial charge in [-0.3, -0.25) is 4.79 Å². The van der Waals surface area contributed by atoms with E-state index in [9.17, 15) is 9.18 Å². The fourth-order valence-electron chi connectivity index (χ4n) is 3.33. The van der Waals surface area contributed by atoms with E-state index in [2.05, 4.69) is 22.0 Å². The molecule has 1 aliphatic rings. The Balaban J connectivity index is 1.44. The monoisotopic (exact) mass is 398 g/mol. The van der Waals surface area contributed by atoms with Crippen LogP contribution in [0.2, 0.25) is 0 Å². The fourth-order valence-corrected chi connectivity index (χ4v) is 4.39. The van der Waals surface area contributed by atoms with Crippen molar-refractivity contribution in [1.29, 1.82) is 0 Å². The fraction of sp³-hybridized carbons (Fsp3) is 0.333. The molecular weight excluding hydrogens is 375 g/mol. The van der Waals surface area contributed by atoms with Crippen molar-refractivity contribution in [2.75, 3.05) is 37.6 Å². The lowest BCUT2D eigenvalue weighted by atomic mass is 10.2. The smallest absolute Gasteiger partial charge is 0.251 e. The number of piperazine rings is 1. The Hall–Kier alpha value is -2.51. The van der Waals surface area contributed by atoms with Crippen molar-refractivity contribution in [3.63, 3.8) is 0 Å². The van der Waals surface area contributed by atoms with Crippen molar-refractivity contribution in [3.05, 3.63) is 59.4 Å². The molecule has 5 nitrogen and oxygen atoms in total. The van der Waals surface area contributed by atoms with E-state index in [4.69, 9.17) is 4.98 Å². The molecule has 0 atom stereocenters. The number of carbonyl (C=O) groups excluding carboxylic acids is 1. The summed E-state index contributed by atoms with van der Waals surface area (Å²) in [6.45, 7) is 7.73. The van der Waals surface area contributed by atoms with E-state index in [-0.39, 0.29) is 11.7 Å². The van der Waals surface area contributed by atoms with Crippen LogP contribution >= 0.6 is 11.3 Å². The Morgan fingerprint density at radius 3 is 2.61 bits per heavy atom. The molecule has 7 heteroatoms. The highest BCUT2D eigenvalue weighted by Gasteiger charge is 2.19. The highest BCUT2D eigenvalue weighted by molar-refractivity contribution is 7.22. The van der Waals surface area contributed by atoms with Crippen molar-refractivity contribution >= 4 is 32.6 Å². The van der Waals surface area contributed by atoms with Crippen LogP contribution < -0.4 is 10.2 Å². The molecule has 0 aliphatic carbocycles. The van der Waals surface area contributed by atoms with Gasteiger partial charge in [0.1, 0.15) is 5.82 Å². The number of carbonyl (C=O) groups is 1. The molecule has 0 spiro atoms. The van der Waals surface area contributed by atoms with Crippen molar-refractivity contribution in [2.24, 2.45) is 0 Å². The molecule has 28 heavy (non-hydrogen) atoms. The van der Waals surface area contributed by atoms with Gasteiger partial charge in [-0.2, -0.15) is 0 Å². The zero-order chi connectivity index (χ0) is 19.5. The molecule has 2 aromatic carbocycles. The average molecular weight is 399 g/mol. The second-order valence-electron chi connectivity index (χ2n) is 6.91. The summed E-state index contributed by atoms with van der Waals surface area (Å²) in [5.41, 5.74) is 2.40. The summed E-state index contributed by atoms with van der Waals surface area (Å²) in [7, 11) is 0. The van der Waals surface area contributed by atoms with E-state index in [0.29, 0.717) is 12.1 Å². The number of halogens is 1. The Morgan fingerprint density at radius 1 is 1.14 bits per heavy atom. The highest BCUT2D eigenvalue weighted by Crippen LogP contribution is 2.30. The van der Waals surface area contributed by atoms with Crippen molar-refractivity contribution in [3.8, 4) is 0 Å². The maximum atomic E-state index is 13.0. The minimum absolute atomic E-state index is 0.141. The molecule has 0 radical (unpaired) electrons. The summed E-state index contributed by atoms with van der Waals surface area (Å²) < 4.78 is 14.0. The van der Waals surface area contributed by atoms with Crippen molar-refractivity contribution in [1.82, 2.24) is 15.2 Å². The normalized spacial score (nSPS) is 15.1. The van der Waals surface area contributed by atoms with Crippen LogP contribution in [0.25, 0.3) is 10.2 Å². The van der Waals surface area contributed by atoms with Gasteiger partial charge in [0.15, 0.2) is 5.13 Å². The number of nitrogens with one attached hydrogen (secondary N) is 1. The van der Waals surface area contributed by atoms with Crippen LogP contribution in [-0.2, 0) is 6.54 Å². The Kier molecular flexibility index (Phi) is 5.54. The summed E-state index contributed by atoms with van der Waals surface area (Å²) in [4.78, 5) is 22.0. The van der Waals surface area contributed by atoms with E-state index in [1.807, 2.05) is 12.1 Å². The van der Waals surface area contributed by atoms with E-state index < -0.39 is 0 Å². The Labute approximate surface area is 167 Å². The van der Waals surface area contributed by atoms with Gasteiger partial charge in [-0.25, -0.2) is 9.37 Å². The van der Waals surface area contributed by atoms with Crippen LogP contribution in [0.4, 0.5) is 9.52 Å². The van der Waals surface area contributed by atoms with E-state index in [0.717, 1.165) is 53.6 Å². The minimum atomic E-state index is -0.280. The van der Waals surface area contributed by atoms with Crippen LogP contribution in [0.15, 0.2) is 42.5 Å². The summed E-state index contributed by atoms with van der Waals surface area (Å²) in [6, 6.07) is 11.8. The molecule has 0 unspecified atom stereocenters. The van der Waals surface area contributed by atoms with Crippen molar-refractivity contribution in [2.45, 2.75) is 13.5 Å². The number of anilines is 1. The number of hydrogen-bond donors (Lipinski definition) is 1. The van der Waals surface area contributed by atoms with Gasteiger partial charge in [0.25, 0.3) is 5.91 Å². The first-order valence-electron chi connectivity index (χ1n) is 9.53. The third-order valence-electron chi connectivity index (χ3n) is 5.10. The maximum absolute atomic E-state index is 13.0. The first-order valence-corrected chi connectivity index (χ1v) is 10.3. The molecule has 146 valence electrons. The molecule has 0 bridgehead atoms. The number of benzene rings is 2. The van der Waals surface area contributed by atoms with Gasteiger partial charge in [-0.05, 0) is 42.4 Å². The van der Waals surface area contributed by atoms with E-state index >= 15 is 0 Å². The van der Waals surface area contributed by atoms with E-state index in [1.165, 1.54) is 12.1 Å². The number of hydrogen-bond acceptors (Lipinski definition) is 5. The summed E-state index contributed by atoms with van der Waals surface area (Å²) in [6.07, 6.45) is 0. The second kappa shape index (κ2) is 8.24. The van der Waals surface area contributed by atoms with Crippen LogP contribution in [-0.4, -0.2) is 48.5 Å². The number of nitrogens with zero attached hydrogens (tertiary/aromatic N) is 3. The second-order valence-corrected chi connectivity index (χ2v) is 7.92. The third kappa shape index (κ3) is 4.15. The summed E-state index contributed by atoms with van der Waals surface area (Å²) >= 11 is 1.63. The SMILES string of the molecule is CCN1CCN(c2nc3ccc(C(=O)NCc4ccc(F)cc4)cc3s2)CC1. The van der Waals surface area contributed by atoms with Gasteiger partial charge in [0.2, 0.25) is 0 Å². The number of rotatable bonds is 5. The molecular formula is C21H23FN4OS. The predicted octanol–water partition coefficient (Wildman–Crippen LogP) is 3.51. The molecule has 4 rings (SSSR count). The van der Waals surface area contributed by atoms with Gasteiger partial charge in [-0.1, -0.05) is 30.4 Å². The summed E-state index contributed by atoms with van der Waals surface area (Å²) in [5, 5.41) is 3.91. The zero-order valence-corrected chi connectivity index (χ0v) is 16.6. The lowest BCUT2D eigenvalue weighted by Gasteiger charge is -2.33. The molecule has 1 N–H and O–H groups in total. The molecule has 1 saturated heterocycles. The van der Waals surface area contributed by atoms with Gasteiger partial charge in [-0.15, -0.1) is 0 Å². The Bertz CT molecular complexity index is 964. The maximum Gasteiger partial charge on any atom is 0.251 e. The van der Waals surface area contributed by atoms with Gasteiger partial charge in [0, 0.05) is 38.3 Å². The highest BCUT2D eigenvalue weighted by atomic mass is 32.1. The number of amides is 1. The third-order valence-corrected chi connectivity index (χ3v) is 6.17. The number of aromatic nitrogens is 1. The van der Waals surface area contributed by atoms with Gasteiger partial charge in [0.05, 0.1) is 10.2 Å². The van der Waals surface area contributed by atoms with Crippen LogP contribution in [0.5, 0.6) is 0 Å². The lowest BCUT2D eigenvalue weighted by Crippen LogP contribution is -2.46. The number of thiazole rings is 1. The average Bonchev–Trinajstić information content (AvgIpc) is 3.16. The molecule has 1 aliphatic heterocycles.